The molecule has 0 bridgehead atoms. The molecule has 1 heterocycles. The zero-order valence-electron chi connectivity index (χ0n) is 12.0. The molecule has 0 atom stereocenters. The van der Waals surface area contributed by atoms with Crippen LogP contribution < -0.4 is 10.5 Å². The van der Waals surface area contributed by atoms with Crippen molar-refractivity contribution in [2.75, 3.05) is 39.2 Å². The van der Waals surface area contributed by atoms with Gasteiger partial charge >= 0.3 is 0 Å². The van der Waals surface area contributed by atoms with E-state index in [1.165, 1.54) is 4.68 Å². The van der Waals surface area contributed by atoms with Gasteiger partial charge in [0.25, 0.3) is 0 Å². The first-order valence-corrected chi connectivity index (χ1v) is 7.74. The molecular formula is C11H22N4O4S. The maximum absolute atomic E-state index is 12.1. The van der Waals surface area contributed by atoms with Crippen LogP contribution in [0.1, 0.15) is 12.1 Å². The number of hydrogen-bond donors (Lipinski definition) is 2. The molecule has 116 valence electrons. The number of ether oxygens (including phenoxy) is 2. The van der Waals surface area contributed by atoms with Crippen LogP contribution in [0.2, 0.25) is 0 Å². The lowest BCUT2D eigenvalue weighted by atomic mass is 10.5. The molecular weight excluding hydrogens is 284 g/mol. The lowest BCUT2D eigenvalue weighted by Crippen LogP contribution is -2.26. The van der Waals surface area contributed by atoms with Crippen molar-refractivity contribution in [3.05, 3.63) is 5.69 Å². The number of nitrogen functional groups attached to an aromatic ring is 1. The van der Waals surface area contributed by atoms with Crippen molar-refractivity contribution in [1.29, 1.82) is 0 Å². The number of nitrogens with one attached hydrogen (secondary N) is 1. The number of aryl methyl sites for hydroxylation is 1. The summed E-state index contributed by atoms with van der Waals surface area (Å²) >= 11 is 0. The normalized spacial score (nSPS) is 11.9. The second kappa shape index (κ2) is 7.58. The zero-order chi connectivity index (χ0) is 15.2. The number of rotatable bonds is 9. The van der Waals surface area contributed by atoms with E-state index in [4.69, 9.17) is 15.2 Å². The van der Waals surface area contributed by atoms with E-state index in [1.54, 1.807) is 21.1 Å². The monoisotopic (exact) mass is 306 g/mol. The number of nitrogens with zero attached hydrogens (tertiary/aromatic N) is 2. The highest BCUT2D eigenvalue weighted by atomic mass is 32.2. The highest BCUT2D eigenvalue weighted by Crippen LogP contribution is 2.20. The number of anilines is 1. The van der Waals surface area contributed by atoms with Crippen molar-refractivity contribution in [1.82, 2.24) is 14.5 Å². The predicted octanol–water partition coefficient (Wildman–Crippen LogP) is -0.358. The van der Waals surface area contributed by atoms with Crippen LogP contribution in [0, 0.1) is 6.92 Å². The summed E-state index contributed by atoms with van der Waals surface area (Å²) in [6.45, 7) is 3.43. The van der Waals surface area contributed by atoms with Gasteiger partial charge in [0.2, 0.25) is 10.0 Å². The molecule has 1 rings (SSSR count). The number of methoxy groups -OCH3 is 1. The third kappa shape index (κ3) is 4.44. The second-order valence-corrected chi connectivity index (χ2v) is 5.98. The van der Waals surface area contributed by atoms with Crippen LogP contribution >= 0.6 is 0 Å². The summed E-state index contributed by atoms with van der Waals surface area (Å²) in [6.07, 6.45) is 0.572. The van der Waals surface area contributed by atoms with E-state index in [9.17, 15) is 8.42 Å². The van der Waals surface area contributed by atoms with Crippen LogP contribution in [0.3, 0.4) is 0 Å². The van der Waals surface area contributed by atoms with Gasteiger partial charge < -0.3 is 15.2 Å². The van der Waals surface area contributed by atoms with Gasteiger partial charge in [0, 0.05) is 27.3 Å². The Labute approximate surface area is 119 Å². The van der Waals surface area contributed by atoms with Gasteiger partial charge in [0.05, 0.1) is 18.9 Å². The van der Waals surface area contributed by atoms with Gasteiger partial charge in [-0.1, -0.05) is 0 Å². The molecule has 0 spiro atoms. The van der Waals surface area contributed by atoms with Crippen LogP contribution in [0.25, 0.3) is 0 Å². The first-order valence-electron chi connectivity index (χ1n) is 6.25. The fourth-order valence-electron chi connectivity index (χ4n) is 1.64. The van der Waals surface area contributed by atoms with Gasteiger partial charge in [-0.25, -0.2) is 13.1 Å². The molecule has 0 aromatic carbocycles. The summed E-state index contributed by atoms with van der Waals surface area (Å²) < 4.78 is 38.2. The van der Waals surface area contributed by atoms with E-state index in [-0.39, 0.29) is 17.3 Å². The van der Waals surface area contributed by atoms with Crippen LogP contribution in [-0.4, -0.2) is 51.7 Å². The van der Waals surface area contributed by atoms with Crippen molar-refractivity contribution in [2.45, 2.75) is 18.2 Å². The fourth-order valence-corrected chi connectivity index (χ4v) is 3.04. The maximum Gasteiger partial charge on any atom is 0.246 e. The molecule has 0 radical (unpaired) electrons. The molecule has 0 fully saturated rings. The molecule has 0 unspecified atom stereocenters. The Bertz CT molecular complexity index is 527. The number of aromatic nitrogens is 2. The SMILES string of the molecule is COCCOCCCNS(=O)(=O)c1c(N)nn(C)c1C. The van der Waals surface area contributed by atoms with Crippen molar-refractivity contribution in [3.63, 3.8) is 0 Å². The van der Waals surface area contributed by atoms with E-state index in [1.807, 2.05) is 0 Å². The molecule has 0 aliphatic carbocycles. The van der Waals surface area contributed by atoms with Gasteiger partial charge in [-0.3, -0.25) is 4.68 Å². The molecule has 0 saturated carbocycles. The van der Waals surface area contributed by atoms with E-state index in [0.717, 1.165) is 0 Å². The van der Waals surface area contributed by atoms with Gasteiger partial charge in [0.15, 0.2) is 5.82 Å². The van der Waals surface area contributed by atoms with Gasteiger partial charge in [-0.15, -0.1) is 0 Å². The highest BCUT2D eigenvalue weighted by Gasteiger charge is 2.23. The Morgan fingerprint density at radius 1 is 1.35 bits per heavy atom. The average molecular weight is 306 g/mol. The molecule has 20 heavy (non-hydrogen) atoms. The Morgan fingerprint density at radius 3 is 2.60 bits per heavy atom. The topological polar surface area (TPSA) is 108 Å². The number of hydrogen-bond acceptors (Lipinski definition) is 6. The minimum atomic E-state index is -3.64. The van der Waals surface area contributed by atoms with Crippen LogP contribution in [-0.2, 0) is 26.5 Å². The average Bonchev–Trinajstić information content (AvgIpc) is 2.62. The molecule has 0 aliphatic heterocycles. The molecule has 0 aliphatic rings. The molecule has 1 aromatic rings. The van der Waals surface area contributed by atoms with Crippen molar-refractivity contribution >= 4 is 15.8 Å². The van der Waals surface area contributed by atoms with E-state index >= 15 is 0 Å². The first kappa shape index (κ1) is 16.9. The first-order chi connectivity index (χ1) is 9.40. The van der Waals surface area contributed by atoms with Crippen molar-refractivity contribution < 1.29 is 17.9 Å². The Morgan fingerprint density at radius 2 is 2.05 bits per heavy atom. The van der Waals surface area contributed by atoms with E-state index in [2.05, 4.69) is 9.82 Å². The summed E-state index contributed by atoms with van der Waals surface area (Å²) in [5, 5.41) is 3.89. The lowest BCUT2D eigenvalue weighted by molar-refractivity contribution is 0.0699. The minimum Gasteiger partial charge on any atom is -0.382 e. The summed E-state index contributed by atoms with van der Waals surface area (Å²) in [5.41, 5.74) is 6.13. The molecule has 8 nitrogen and oxygen atoms in total. The predicted molar refractivity (Wildman–Crippen MR) is 74.9 cm³/mol. The van der Waals surface area contributed by atoms with Crippen LogP contribution in [0.4, 0.5) is 5.82 Å². The third-order valence-electron chi connectivity index (χ3n) is 2.76. The summed E-state index contributed by atoms with van der Waals surface area (Å²) in [6, 6.07) is 0. The van der Waals surface area contributed by atoms with Gasteiger partial charge in [-0.05, 0) is 13.3 Å². The smallest absolute Gasteiger partial charge is 0.246 e. The molecule has 0 saturated heterocycles. The zero-order valence-corrected chi connectivity index (χ0v) is 12.9. The van der Waals surface area contributed by atoms with Gasteiger partial charge in [-0.2, -0.15) is 5.10 Å². The Hall–Kier alpha value is -1.16. The number of sulfonamides is 1. The molecule has 3 N–H and O–H groups in total. The van der Waals surface area contributed by atoms with Crippen LogP contribution in [0.15, 0.2) is 4.90 Å². The fraction of sp³-hybridized carbons (Fsp3) is 0.727. The largest absolute Gasteiger partial charge is 0.382 e. The Balaban J connectivity index is 2.46. The van der Waals surface area contributed by atoms with Crippen molar-refractivity contribution in [3.8, 4) is 0 Å². The maximum atomic E-state index is 12.1. The summed E-state index contributed by atoms with van der Waals surface area (Å²) in [7, 11) is -0.394. The standard InChI is InChI=1S/C11H22N4O4S/c1-9-10(11(12)14-15(9)2)20(16,17)13-5-4-6-19-8-7-18-3/h13H,4-8H2,1-3H3,(H2,12,14). The second-order valence-electron chi connectivity index (χ2n) is 4.28. The van der Waals surface area contributed by atoms with E-state index in [0.29, 0.717) is 31.9 Å². The molecule has 9 heteroatoms. The van der Waals surface area contributed by atoms with Crippen molar-refractivity contribution in [2.24, 2.45) is 7.05 Å². The highest BCUT2D eigenvalue weighted by molar-refractivity contribution is 7.89. The van der Waals surface area contributed by atoms with Gasteiger partial charge in [0.1, 0.15) is 4.90 Å². The minimum absolute atomic E-state index is 0.00819. The molecule has 1 aromatic heterocycles. The molecule has 0 amide bonds. The summed E-state index contributed by atoms with van der Waals surface area (Å²) in [5.74, 6) is 0.00819. The lowest BCUT2D eigenvalue weighted by Gasteiger charge is -2.07. The quantitative estimate of drug-likeness (QED) is 0.603. The van der Waals surface area contributed by atoms with E-state index < -0.39 is 10.0 Å². The summed E-state index contributed by atoms with van der Waals surface area (Å²) in [4.78, 5) is 0.0419. The van der Waals surface area contributed by atoms with Crippen LogP contribution in [0.5, 0.6) is 0 Å². The third-order valence-corrected chi connectivity index (χ3v) is 4.39. The Kier molecular flexibility index (Phi) is 6.40. The number of nitrogens with two attached hydrogens (primary N) is 1.